The van der Waals surface area contributed by atoms with E-state index < -0.39 is 0 Å². The summed E-state index contributed by atoms with van der Waals surface area (Å²) in [6.45, 7) is 5.47. The number of nitrogen functional groups attached to an aromatic ring is 2. The molecule has 8 heteroatoms. The van der Waals surface area contributed by atoms with Crippen molar-refractivity contribution in [2.45, 2.75) is 13.8 Å². The number of nitrogens with one attached hydrogen (secondary N) is 2. The van der Waals surface area contributed by atoms with E-state index in [1.54, 1.807) is 0 Å². The van der Waals surface area contributed by atoms with Crippen molar-refractivity contribution in [1.29, 1.82) is 0 Å². The first kappa shape index (κ1) is 24.4. The van der Waals surface area contributed by atoms with Gasteiger partial charge in [0.05, 0.1) is 22.7 Å². The molecular weight excluding hydrogens is 448 g/mol. The van der Waals surface area contributed by atoms with Crippen LogP contribution < -0.4 is 22.1 Å². The van der Waals surface area contributed by atoms with E-state index in [0.29, 0.717) is 0 Å². The molecule has 0 aliphatic heterocycles. The maximum Gasteiger partial charge on any atom is 0.0887 e. The van der Waals surface area contributed by atoms with Crippen molar-refractivity contribution in [3.8, 4) is 0 Å². The van der Waals surface area contributed by atoms with E-state index in [9.17, 15) is 0 Å². The van der Waals surface area contributed by atoms with Crippen LogP contribution in [0, 0.1) is 13.8 Å². The highest BCUT2D eigenvalue weighted by Gasteiger charge is 2.00. The van der Waals surface area contributed by atoms with Gasteiger partial charge in [0, 0.05) is 35.8 Å². The third kappa shape index (κ3) is 6.89. The second-order valence-corrected chi connectivity index (χ2v) is 8.44. The fourth-order valence-electron chi connectivity index (χ4n) is 3.51. The van der Waals surface area contributed by atoms with Gasteiger partial charge in [-0.25, -0.2) is 0 Å². The molecule has 8 nitrogen and oxygen atoms in total. The number of hydrogen-bond donors (Lipinski definition) is 4. The molecule has 0 radical (unpaired) electrons. The van der Waals surface area contributed by atoms with Crippen LogP contribution in [0.1, 0.15) is 11.1 Å². The highest BCUT2D eigenvalue weighted by Crippen LogP contribution is 2.26. The van der Waals surface area contributed by atoms with E-state index in [1.165, 1.54) is 0 Å². The number of nitrogens with zero attached hydrogens (tertiary/aromatic N) is 4. The topological polar surface area (TPSA) is 126 Å². The SMILES string of the molecule is Cc1cc(N)ccc1N=Nc1ccc(NCCNc2ccc(N=Nc3ccc(N)cc3C)cc2)cc1. The summed E-state index contributed by atoms with van der Waals surface area (Å²) in [4.78, 5) is 0. The zero-order chi connectivity index (χ0) is 25.3. The lowest BCUT2D eigenvalue weighted by Gasteiger charge is -2.09. The van der Waals surface area contributed by atoms with E-state index in [2.05, 4.69) is 31.1 Å². The van der Waals surface area contributed by atoms with E-state index in [0.717, 1.165) is 69.7 Å². The Morgan fingerprint density at radius 2 is 0.917 bits per heavy atom. The summed E-state index contributed by atoms with van der Waals surface area (Å²) in [7, 11) is 0. The molecule has 0 saturated heterocycles. The largest absolute Gasteiger partial charge is 0.399 e. The highest BCUT2D eigenvalue weighted by atomic mass is 15.1. The standard InChI is InChI=1S/C28H30N8/c1-19-17-21(29)3-13-27(19)35-33-25-9-5-23(6-10-25)31-15-16-32-24-7-11-26(12-8-24)34-36-28-14-4-22(30)18-20(28)2/h3-14,17-18,31-32H,15-16,29-30H2,1-2H3. The predicted molar refractivity (Wildman–Crippen MR) is 149 cm³/mol. The Kier molecular flexibility index (Phi) is 7.87. The normalized spacial score (nSPS) is 11.3. The fraction of sp³-hybridized carbons (Fsp3) is 0.143. The first-order chi connectivity index (χ1) is 17.5. The monoisotopic (exact) mass is 478 g/mol. The minimum Gasteiger partial charge on any atom is -0.399 e. The molecule has 0 atom stereocenters. The smallest absolute Gasteiger partial charge is 0.0887 e. The molecule has 0 bridgehead atoms. The third-order valence-corrected chi connectivity index (χ3v) is 5.51. The van der Waals surface area contributed by atoms with E-state index >= 15 is 0 Å². The van der Waals surface area contributed by atoms with Gasteiger partial charge in [0.2, 0.25) is 0 Å². The van der Waals surface area contributed by atoms with Crippen LogP contribution in [-0.4, -0.2) is 13.1 Å². The molecule has 0 heterocycles. The van der Waals surface area contributed by atoms with E-state index in [1.807, 2.05) is 98.8 Å². The highest BCUT2D eigenvalue weighted by molar-refractivity contribution is 5.56. The van der Waals surface area contributed by atoms with Crippen molar-refractivity contribution in [1.82, 2.24) is 0 Å². The van der Waals surface area contributed by atoms with Gasteiger partial charge in [-0.05, 0) is 110 Å². The molecule has 0 saturated carbocycles. The molecule has 0 aliphatic rings. The minimum absolute atomic E-state index is 0.723. The molecule has 6 N–H and O–H groups in total. The second-order valence-electron chi connectivity index (χ2n) is 8.44. The molecule has 36 heavy (non-hydrogen) atoms. The number of rotatable bonds is 9. The zero-order valence-electron chi connectivity index (χ0n) is 20.4. The summed E-state index contributed by atoms with van der Waals surface area (Å²) in [5, 5.41) is 24.1. The average Bonchev–Trinajstić information content (AvgIpc) is 2.87. The summed E-state index contributed by atoms with van der Waals surface area (Å²) in [5.41, 5.74) is 20.3. The van der Waals surface area contributed by atoms with Crippen LogP contribution in [0.3, 0.4) is 0 Å². The van der Waals surface area contributed by atoms with Gasteiger partial charge in [-0.1, -0.05) is 0 Å². The number of azo groups is 2. The molecule has 0 aromatic heterocycles. The van der Waals surface area contributed by atoms with Gasteiger partial charge in [-0.15, -0.1) is 0 Å². The Bertz CT molecular complexity index is 1250. The van der Waals surface area contributed by atoms with Gasteiger partial charge in [-0.2, -0.15) is 20.5 Å². The van der Waals surface area contributed by atoms with Crippen LogP contribution in [0.5, 0.6) is 0 Å². The van der Waals surface area contributed by atoms with E-state index in [4.69, 9.17) is 11.5 Å². The van der Waals surface area contributed by atoms with Crippen LogP contribution >= 0.6 is 0 Å². The Morgan fingerprint density at radius 1 is 0.528 bits per heavy atom. The van der Waals surface area contributed by atoms with Gasteiger partial charge in [0.15, 0.2) is 0 Å². The molecule has 4 aromatic carbocycles. The quantitative estimate of drug-likeness (QED) is 0.111. The molecule has 182 valence electrons. The lowest BCUT2D eigenvalue weighted by Crippen LogP contribution is -2.13. The average molecular weight is 479 g/mol. The maximum atomic E-state index is 5.78. The van der Waals surface area contributed by atoms with Crippen LogP contribution in [0.2, 0.25) is 0 Å². The molecule has 0 spiro atoms. The summed E-state index contributed by atoms with van der Waals surface area (Å²) in [5.74, 6) is 0. The lowest BCUT2D eigenvalue weighted by molar-refractivity contribution is 1.08. The summed E-state index contributed by atoms with van der Waals surface area (Å²) in [6.07, 6.45) is 0. The Balaban J connectivity index is 1.22. The van der Waals surface area contributed by atoms with Gasteiger partial charge in [0.25, 0.3) is 0 Å². The molecule has 0 amide bonds. The lowest BCUT2D eigenvalue weighted by atomic mass is 10.2. The van der Waals surface area contributed by atoms with Crippen molar-refractivity contribution < 1.29 is 0 Å². The first-order valence-corrected chi connectivity index (χ1v) is 11.7. The van der Waals surface area contributed by atoms with E-state index in [-0.39, 0.29) is 0 Å². The Labute approximate surface area is 211 Å². The van der Waals surface area contributed by atoms with Crippen molar-refractivity contribution in [3.63, 3.8) is 0 Å². The van der Waals surface area contributed by atoms with Crippen LogP contribution in [-0.2, 0) is 0 Å². The second kappa shape index (κ2) is 11.6. The predicted octanol–water partition coefficient (Wildman–Crippen LogP) is 7.82. The van der Waals surface area contributed by atoms with Gasteiger partial charge >= 0.3 is 0 Å². The zero-order valence-corrected chi connectivity index (χ0v) is 20.4. The van der Waals surface area contributed by atoms with Crippen LogP contribution in [0.15, 0.2) is 105 Å². The number of anilines is 4. The van der Waals surface area contributed by atoms with Gasteiger partial charge in [0.1, 0.15) is 0 Å². The summed E-state index contributed by atoms with van der Waals surface area (Å²) in [6, 6.07) is 26.9. The molecule has 0 unspecified atom stereocenters. The van der Waals surface area contributed by atoms with Gasteiger partial charge in [-0.3, -0.25) is 0 Å². The maximum absolute atomic E-state index is 5.78. The van der Waals surface area contributed by atoms with Crippen LogP contribution in [0.25, 0.3) is 0 Å². The van der Waals surface area contributed by atoms with Crippen molar-refractivity contribution in [2.75, 3.05) is 35.2 Å². The molecule has 0 fully saturated rings. The fourth-order valence-corrected chi connectivity index (χ4v) is 3.51. The number of aryl methyl sites for hydroxylation is 2. The number of nitrogens with two attached hydrogens (primary N) is 2. The first-order valence-electron chi connectivity index (χ1n) is 11.7. The summed E-state index contributed by atoms with van der Waals surface area (Å²) >= 11 is 0. The molecule has 4 aromatic rings. The molecule has 0 aliphatic carbocycles. The molecule has 4 rings (SSSR count). The molecular formula is C28H30N8. The summed E-state index contributed by atoms with van der Waals surface area (Å²) < 4.78 is 0. The van der Waals surface area contributed by atoms with Crippen molar-refractivity contribution in [2.24, 2.45) is 20.5 Å². The minimum atomic E-state index is 0.723. The third-order valence-electron chi connectivity index (χ3n) is 5.51. The van der Waals surface area contributed by atoms with Gasteiger partial charge < -0.3 is 22.1 Å². The van der Waals surface area contributed by atoms with Crippen molar-refractivity contribution in [3.05, 3.63) is 96.1 Å². The van der Waals surface area contributed by atoms with Crippen molar-refractivity contribution >= 4 is 45.5 Å². The van der Waals surface area contributed by atoms with Crippen LogP contribution in [0.4, 0.5) is 45.5 Å². The number of benzene rings is 4. The Morgan fingerprint density at radius 3 is 1.28 bits per heavy atom. The Hall–Kier alpha value is -4.72. The number of hydrogen-bond acceptors (Lipinski definition) is 8.